The molecule has 2 atom stereocenters. The predicted octanol–water partition coefficient (Wildman–Crippen LogP) is 4.61. The summed E-state index contributed by atoms with van der Waals surface area (Å²) < 4.78 is 0. The van der Waals surface area contributed by atoms with E-state index >= 15 is 0 Å². The number of hydrogen-bond acceptors (Lipinski definition) is 1. The molecule has 1 nitrogen and oxygen atoms in total. The summed E-state index contributed by atoms with van der Waals surface area (Å²) in [4.78, 5) is 0. The van der Waals surface area contributed by atoms with E-state index in [1.807, 2.05) is 0 Å². The van der Waals surface area contributed by atoms with Crippen LogP contribution in [-0.2, 0) is 0 Å². The Labute approximate surface area is 107 Å². The first-order chi connectivity index (χ1) is 8.15. The zero-order valence-corrected chi connectivity index (χ0v) is 11.8. The number of nitrogens with one attached hydrogen (secondary N) is 1. The molecular formula is C16H27N. The second kappa shape index (κ2) is 7.50. The minimum absolute atomic E-state index is 0.452. The van der Waals surface area contributed by atoms with Crippen LogP contribution >= 0.6 is 0 Å². The zero-order chi connectivity index (χ0) is 12.7. The maximum absolute atomic E-state index is 3.70. The smallest absolute Gasteiger partial charge is 0.0296 e. The first-order valence-corrected chi connectivity index (χ1v) is 6.96. The number of hydrogen-bond donors (Lipinski definition) is 1. The summed E-state index contributed by atoms with van der Waals surface area (Å²) in [6, 6.07) is 9.71. The van der Waals surface area contributed by atoms with E-state index in [0.29, 0.717) is 12.1 Å². The molecule has 0 amide bonds. The summed E-state index contributed by atoms with van der Waals surface area (Å²) in [6.07, 6.45) is 5.28. The lowest BCUT2D eigenvalue weighted by atomic mass is 10.0. The van der Waals surface area contributed by atoms with E-state index in [1.165, 1.54) is 36.8 Å². The Kier molecular flexibility index (Phi) is 6.28. The molecule has 1 aromatic carbocycles. The van der Waals surface area contributed by atoms with Crippen molar-refractivity contribution in [1.82, 2.24) is 5.32 Å². The average Bonchev–Trinajstić information content (AvgIpc) is 2.29. The van der Waals surface area contributed by atoms with Crippen molar-refractivity contribution in [2.45, 2.75) is 65.5 Å². The maximum atomic E-state index is 3.70. The van der Waals surface area contributed by atoms with Crippen LogP contribution in [0.1, 0.15) is 63.6 Å². The molecule has 0 aromatic heterocycles. The van der Waals surface area contributed by atoms with Gasteiger partial charge in [0.05, 0.1) is 0 Å². The molecule has 0 bridgehead atoms. The van der Waals surface area contributed by atoms with Crippen LogP contribution in [0.25, 0.3) is 0 Å². The van der Waals surface area contributed by atoms with E-state index in [1.54, 1.807) is 0 Å². The Hall–Kier alpha value is -0.820. The fraction of sp³-hybridized carbons (Fsp3) is 0.625. The largest absolute Gasteiger partial charge is 0.308 e. The van der Waals surface area contributed by atoms with Crippen molar-refractivity contribution in [1.29, 1.82) is 0 Å². The summed E-state index contributed by atoms with van der Waals surface area (Å²) in [5.74, 6) is 0. The molecule has 0 saturated heterocycles. The zero-order valence-electron chi connectivity index (χ0n) is 11.8. The van der Waals surface area contributed by atoms with Crippen LogP contribution < -0.4 is 5.32 Å². The van der Waals surface area contributed by atoms with Gasteiger partial charge in [-0.1, -0.05) is 50.5 Å². The van der Waals surface area contributed by atoms with Crippen LogP contribution in [0.5, 0.6) is 0 Å². The number of benzene rings is 1. The second-order valence-corrected chi connectivity index (χ2v) is 5.14. The Morgan fingerprint density at radius 1 is 1.12 bits per heavy atom. The van der Waals surface area contributed by atoms with Crippen LogP contribution in [0.2, 0.25) is 0 Å². The third kappa shape index (κ3) is 4.91. The Bertz CT molecular complexity index is 319. The summed E-state index contributed by atoms with van der Waals surface area (Å²) in [5.41, 5.74) is 2.81. The lowest BCUT2D eigenvalue weighted by Gasteiger charge is -2.21. The Morgan fingerprint density at radius 2 is 1.82 bits per heavy atom. The fourth-order valence-corrected chi connectivity index (χ4v) is 2.37. The molecule has 96 valence electrons. The van der Waals surface area contributed by atoms with Gasteiger partial charge in [-0.15, -0.1) is 0 Å². The monoisotopic (exact) mass is 233 g/mol. The van der Waals surface area contributed by atoms with Crippen molar-refractivity contribution >= 4 is 0 Å². The van der Waals surface area contributed by atoms with Crippen LogP contribution in [-0.4, -0.2) is 6.04 Å². The molecule has 1 rings (SSSR count). The molecule has 0 heterocycles. The van der Waals surface area contributed by atoms with Gasteiger partial charge in [-0.05, 0) is 38.3 Å². The van der Waals surface area contributed by atoms with Crippen molar-refractivity contribution in [3.05, 3.63) is 35.4 Å². The Balaban J connectivity index is 2.43. The van der Waals surface area contributed by atoms with Gasteiger partial charge in [0.25, 0.3) is 0 Å². The first kappa shape index (κ1) is 14.2. The molecule has 0 aliphatic carbocycles. The maximum Gasteiger partial charge on any atom is 0.0296 e. The van der Waals surface area contributed by atoms with E-state index < -0.39 is 0 Å². The van der Waals surface area contributed by atoms with Gasteiger partial charge in [0.1, 0.15) is 0 Å². The van der Waals surface area contributed by atoms with E-state index in [0.717, 1.165) is 0 Å². The van der Waals surface area contributed by atoms with Gasteiger partial charge < -0.3 is 5.32 Å². The third-order valence-corrected chi connectivity index (χ3v) is 3.43. The van der Waals surface area contributed by atoms with Gasteiger partial charge in [0, 0.05) is 12.1 Å². The first-order valence-electron chi connectivity index (χ1n) is 6.96. The van der Waals surface area contributed by atoms with E-state index in [4.69, 9.17) is 0 Å². The van der Waals surface area contributed by atoms with Gasteiger partial charge in [-0.3, -0.25) is 0 Å². The van der Waals surface area contributed by atoms with Crippen LogP contribution in [0.3, 0.4) is 0 Å². The van der Waals surface area contributed by atoms with Gasteiger partial charge >= 0.3 is 0 Å². The summed E-state index contributed by atoms with van der Waals surface area (Å²) >= 11 is 0. The van der Waals surface area contributed by atoms with E-state index in [-0.39, 0.29) is 0 Å². The van der Waals surface area contributed by atoms with Crippen LogP contribution in [0.4, 0.5) is 0 Å². The van der Waals surface area contributed by atoms with Crippen molar-refractivity contribution in [2.75, 3.05) is 0 Å². The highest BCUT2D eigenvalue weighted by Gasteiger charge is 2.10. The molecule has 1 N–H and O–H groups in total. The summed E-state index contributed by atoms with van der Waals surface area (Å²) in [6.45, 7) is 9.01. The minimum Gasteiger partial charge on any atom is -0.308 e. The predicted molar refractivity (Wildman–Crippen MR) is 76.3 cm³/mol. The van der Waals surface area contributed by atoms with Crippen LogP contribution in [0.15, 0.2) is 24.3 Å². The third-order valence-electron chi connectivity index (χ3n) is 3.43. The molecule has 0 spiro atoms. The van der Waals surface area contributed by atoms with Gasteiger partial charge in [-0.2, -0.15) is 0 Å². The standard InChI is InChI=1S/C16H27N/c1-5-6-7-11-14(3)17-15(4)16-12-9-8-10-13(16)2/h8-10,12,14-15,17H,5-7,11H2,1-4H3/t14?,15-/m1/s1. The van der Waals surface area contributed by atoms with Gasteiger partial charge in [0.15, 0.2) is 0 Å². The highest BCUT2D eigenvalue weighted by atomic mass is 14.9. The number of rotatable bonds is 7. The minimum atomic E-state index is 0.452. The second-order valence-electron chi connectivity index (χ2n) is 5.14. The molecule has 0 radical (unpaired) electrons. The molecular weight excluding hydrogens is 206 g/mol. The molecule has 1 aromatic rings. The molecule has 0 aliphatic heterocycles. The van der Waals surface area contributed by atoms with Crippen molar-refractivity contribution in [2.24, 2.45) is 0 Å². The van der Waals surface area contributed by atoms with E-state index in [9.17, 15) is 0 Å². The average molecular weight is 233 g/mol. The number of aryl methyl sites for hydroxylation is 1. The lowest BCUT2D eigenvalue weighted by molar-refractivity contribution is 0.439. The molecule has 0 fully saturated rings. The highest BCUT2D eigenvalue weighted by Crippen LogP contribution is 2.18. The van der Waals surface area contributed by atoms with Crippen molar-refractivity contribution in [3.8, 4) is 0 Å². The Morgan fingerprint density at radius 3 is 2.47 bits per heavy atom. The number of unbranched alkanes of at least 4 members (excludes halogenated alkanes) is 2. The SMILES string of the molecule is CCCCCC(C)N[C@H](C)c1ccccc1C. The summed E-state index contributed by atoms with van der Waals surface area (Å²) in [7, 11) is 0. The fourth-order valence-electron chi connectivity index (χ4n) is 2.37. The highest BCUT2D eigenvalue weighted by molar-refractivity contribution is 5.28. The van der Waals surface area contributed by atoms with Crippen molar-refractivity contribution in [3.63, 3.8) is 0 Å². The molecule has 17 heavy (non-hydrogen) atoms. The van der Waals surface area contributed by atoms with Crippen molar-refractivity contribution < 1.29 is 0 Å². The van der Waals surface area contributed by atoms with Gasteiger partial charge in [-0.25, -0.2) is 0 Å². The molecule has 0 aliphatic rings. The molecule has 0 saturated carbocycles. The van der Waals surface area contributed by atoms with E-state index in [2.05, 4.69) is 57.3 Å². The molecule has 1 unspecified atom stereocenters. The normalized spacial score (nSPS) is 14.6. The topological polar surface area (TPSA) is 12.0 Å². The van der Waals surface area contributed by atoms with Crippen LogP contribution in [0, 0.1) is 6.92 Å². The lowest BCUT2D eigenvalue weighted by Crippen LogP contribution is -2.29. The quantitative estimate of drug-likeness (QED) is 0.678. The molecule has 1 heteroatoms. The summed E-state index contributed by atoms with van der Waals surface area (Å²) in [5, 5.41) is 3.70. The van der Waals surface area contributed by atoms with Gasteiger partial charge in [0.2, 0.25) is 0 Å².